The van der Waals surface area contributed by atoms with E-state index in [9.17, 15) is 15.0 Å². The molecule has 5 saturated carbocycles. The Bertz CT molecular complexity index is 888. The molecule has 3 atom stereocenters. The number of carbonyl (C=O) groups excluding carboxylic acids is 1. The van der Waals surface area contributed by atoms with Crippen molar-refractivity contribution in [1.29, 1.82) is 0 Å². The molecular formula is C25H36N4O4. The van der Waals surface area contributed by atoms with Gasteiger partial charge in [-0.15, -0.1) is 0 Å². The maximum atomic E-state index is 13.6. The molecule has 5 aliphatic carbocycles. The molecule has 2 heterocycles. The first-order chi connectivity index (χ1) is 16.0. The van der Waals surface area contributed by atoms with Gasteiger partial charge in [-0.3, -0.25) is 4.79 Å². The van der Waals surface area contributed by atoms with Crippen LogP contribution in [0.2, 0.25) is 0 Å². The second kappa shape index (κ2) is 8.47. The molecule has 33 heavy (non-hydrogen) atoms. The number of anilines is 1. The van der Waals surface area contributed by atoms with Gasteiger partial charge in [0.1, 0.15) is 0 Å². The van der Waals surface area contributed by atoms with Crippen molar-refractivity contribution in [2.45, 2.75) is 81.4 Å². The van der Waals surface area contributed by atoms with Gasteiger partial charge in [0.2, 0.25) is 5.95 Å². The lowest BCUT2D eigenvalue weighted by Crippen LogP contribution is -2.61. The van der Waals surface area contributed by atoms with E-state index in [1.807, 2.05) is 4.90 Å². The Labute approximate surface area is 195 Å². The third-order valence-corrected chi connectivity index (χ3v) is 9.03. The van der Waals surface area contributed by atoms with Crippen LogP contribution in [0.15, 0.2) is 6.20 Å². The minimum Gasteiger partial charge on any atom is -0.394 e. The number of ether oxygens (including phenoxy) is 1. The van der Waals surface area contributed by atoms with Gasteiger partial charge in [-0.05, 0) is 62.7 Å². The molecule has 0 aromatic carbocycles. The fourth-order valence-corrected chi connectivity index (χ4v) is 7.72. The van der Waals surface area contributed by atoms with Crippen LogP contribution in [0.3, 0.4) is 0 Å². The number of rotatable bonds is 5. The number of amides is 1. The third-order valence-electron chi connectivity index (χ3n) is 9.03. The molecular weight excluding hydrogens is 420 g/mol. The molecule has 6 aliphatic rings. The highest BCUT2D eigenvalue weighted by molar-refractivity contribution is 5.95. The van der Waals surface area contributed by atoms with Crippen molar-refractivity contribution >= 4 is 11.9 Å². The molecule has 8 nitrogen and oxygen atoms in total. The standard InChI is InChI=1S/C25H36N4O4/c30-13-19-14-33-6-5-29(19)24-26-12-20(22(28-24)16-3-1-2-4-16)23(31)27-21-17-7-15-8-18(21)11-25(32,9-15)10-17/h12,15-19,21,30,32H,1-11,13-14H2,(H,27,31). The Morgan fingerprint density at radius 2 is 1.97 bits per heavy atom. The number of hydrogen-bond donors (Lipinski definition) is 3. The molecule has 1 aromatic rings. The summed E-state index contributed by atoms with van der Waals surface area (Å²) in [7, 11) is 0. The van der Waals surface area contributed by atoms with Crippen LogP contribution >= 0.6 is 0 Å². The van der Waals surface area contributed by atoms with Crippen LogP contribution in [0.5, 0.6) is 0 Å². The maximum Gasteiger partial charge on any atom is 0.254 e. The van der Waals surface area contributed by atoms with Crippen molar-refractivity contribution in [3.05, 3.63) is 17.5 Å². The van der Waals surface area contributed by atoms with Crippen molar-refractivity contribution < 1.29 is 19.7 Å². The molecule has 8 heteroatoms. The average molecular weight is 457 g/mol. The van der Waals surface area contributed by atoms with E-state index in [1.54, 1.807) is 6.20 Å². The summed E-state index contributed by atoms with van der Waals surface area (Å²) in [4.78, 5) is 25.1. The van der Waals surface area contributed by atoms with Crippen LogP contribution < -0.4 is 10.2 Å². The summed E-state index contributed by atoms with van der Waals surface area (Å²) in [6.07, 6.45) is 10.9. The molecule has 1 aromatic heterocycles. The van der Waals surface area contributed by atoms with Crippen LogP contribution in [-0.2, 0) is 4.74 Å². The zero-order valence-corrected chi connectivity index (χ0v) is 19.3. The number of aromatic nitrogens is 2. The van der Waals surface area contributed by atoms with E-state index in [2.05, 4.69) is 10.3 Å². The first-order valence-corrected chi connectivity index (χ1v) is 12.9. The largest absolute Gasteiger partial charge is 0.394 e. The highest BCUT2D eigenvalue weighted by Gasteiger charge is 2.55. The Balaban J connectivity index is 1.26. The molecule has 7 rings (SSSR count). The summed E-state index contributed by atoms with van der Waals surface area (Å²) < 4.78 is 5.52. The number of nitrogens with zero attached hydrogens (tertiary/aromatic N) is 3. The van der Waals surface area contributed by atoms with Gasteiger partial charge in [0.25, 0.3) is 5.91 Å². The lowest BCUT2D eigenvalue weighted by atomic mass is 9.52. The predicted molar refractivity (Wildman–Crippen MR) is 122 cm³/mol. The second-order valence-corrected chi connectivity index (χ2v) is 11.2. The van der Waals surface area contributed by atoms with E-state index in [1.165, 1.54) is 0 Å². The fourth-order valence-electron chi connectivity index (χ4n) is 7.72. The molecule has 1 aliphatic heterocycles. The quantitative estimate of drug-likeness (QED) is 0.622. The topological polar surface area (TPSA) is 108 Å². The Morgan fingerprint density at radius 3 is 2.67 bits per heavy atom. The third kappa shape index (κ3) is 3.94. The SMILES string of the molecule is O=C(NC1C2CC3CC1CC(O)(C3)C2)c1cnc(N2CCOCC2CO)nc1C1CCCC1. The Morgan fingerprint density at radius 1 is 1.21 bits per heavy atom. The van der Waals surface area contributed by atoms with E-state index in [0.29, 0.717) is 49.0 Å². The summed E-state index contributed by atoms with van der Waals surface area (Å²) in [5.74, 6) is 2.17. The molecule has 3 unspecified atom stereocenters. The van der Waals surface area contributed by atoms with Crippen molar-refractivity contribution in [3.8, 4) is 0 Å². The summed E-state index contributed by atoms with van der Waals surface area (Å²) in [5, 5.41) is 24.1. The summed E-state index contributed by atoms with van der Waals surface area (Å²) in [6, 6.07) is -0.0165. The van der Waals surface area contributed by atoms with Gasteiger partial charge in [-0.25, -0.2) is 9.97 Å². The smallest absolute Gasteiger partial charge is 0.254 e. The zero-order valence-electron chi connectivity index (χ0n) is 19.3. The highest BCUT2D eigenvalue weighted by atomic mass is 16.5. The number of hydrogen-bond acceptors (Lipinski definition) is 7. The number of aliphatic hydroxyl groups is 2. The lowest BCUT2D eigenvalue weighted by Gasteiger charge is -2.58. The van der Waals surface area contributed by atoms with Crippen molar-refractivity contribution in [1.82, 2.24) is 15.3 Å². The molecule has 0 spiro atoms. The van der Waals surface area contributed by atoms with E-state index in [0.717, 1.165) is 63.5 Å². The molecule has 6 fully saturated rings. The molecule has 0 radical (unpaired) electrons. The summed E-state index contributed by atoms with van der Waals surface area (Å²) >= 11 is 0. The van der Waals surface area contributed by atoms with E-state index in [4.69, 9.17) is 9.72 Å². The second-order valence-electron chi connectivity index (χ2n) is 11.2. The normalized spacial score (nSPS) is 38.1. The molecule has 1 saturated heterocycles. The fraction of sp³-hybridized carbons (Fsp3) is 0.800. The van der Waals surface area contributed by atoms with Crippen LogP contribution in [0.4, 0.5) is 5.95 Å². The zero-order chi connectivity index (χ0) is 22.6. The number of morpholine rings is 1. The number of carbonyl (C=O) groups is 1. The van der Waals surface area contributed by atoms with Gasteiger partial charge in [-0.2, -0.15) is 0 Å². The van der Waals surface area contributed by atoms with Gasteiger partial charge < -0.3 is 25.2 Å². The van der Waals surface area contributed by atoms with Crippen LogP contribution in [0.1, 0.15) is 79.8 Å². The van der Waals surface area contributed by atoms with Gasteiger partial charge >= 0.3 is 0 Å². The van der Waals surface area contributed by atoms with Gasteiger partial charge in [0, 0.05) is 24.7 Å². The van der Waals surface area contributed by atoms with Crippen LogP contribution in [-0.4, -0.2) is 70.1 Å². The van der Waals surface area contributed by atoms with Crippen molar-refractivity contribution in [3.63, 3.8) is 0 Å². The minimum atomic E-state index is -0.501. The summed E-state index contributed by atoms with van der Waals surface area (Å²) in [6.45, 7) is 1.66. The molecule has 1 amide bonds. The lowest BCUT2D eigenvalue weighted by molar-refractivity contribution is -0.136. The predicted octanol–water partition coefficient (Wildman–Crippen LogP) is 2.00. The number of nitrogens with one attached hydrogen (secondary N) is 1. The summed E-state index contributed by atoms with van der Waals surface area (Å²) in [5.41, 5.74) is 0.964. The maximum absolute atomic E-state index is 13.6. The minimum absolute atomic E-state index is 0.0117. The Hall–Kier alpha value is -1.77. The first kappa shape index (κ1) is 21.7. The molecule has 3 N–H and O–H groups in total. The monoisotopic (exact) mass is 456 g/mol. The van der Waals surface area contributed by atoms with Crippen LogP contribution in [0.25, 0.3) is 0 Å². The number of aliphatic hydroxyl groups excluding tert-OH is 1. The van der Waals surface area contributed by atoms with E-state index >= 15 is 0 Å². The molecule has 4 bridgehead atoms. The van der Waals surface area contributed by atoms with Gasteiger partial charge in [0.05, 0.1) is 42.7 Å². The van der Waals surface area contributed by atoms with Gasteiger partial charge in [0.15, 0.2) is 0 Å². The molecule has 180 valence electrons. The van der Waals surface area contributed by atoms with Crippen molar-refractivity contribution in [2.24, 2.45) is 17.8 Å². The van der Waals surface area contributed by atoms with Gasteiger partial charge in [-0.1, -0.05) is 12.8 Å². The first-order valence-electron chi connectivity index (χ1n) is 12.9. The highest BCUT2D eigenvalue weighted by Crippen LogP contribution is 2.55. The van der Waals surface area contributed by atoms with E-state index in [-0.39, 0.29) is 30.5 Å². The van der Waals surface area contributed by atoms with Crippen molar-refractivity contribution in [2.75, 3.05) is 31.3 Å². The average Bonchev–Trinajstić information content (AvgIpc) is 3.35. The van der Waals surface area contributed by atoms with Crippen LogP contribution in [0, 0.1) is 17.8 Å². The van der Waals surface area contributed by atoms with E-state index < -0.39 is 5.60 Å². The Kier molecular flexibility index (Phi) is 5.58.